The van der Waals surface area contributed by atoms with Crippen LogP contribution in [0.25, 0.3) is 0 Å². The minimum atomic E-state index is 0.567. The number of para-hydroxylation sites is 1. The van der Waals surface area contributed by atoms with E-state index in [-0.39, 0.29) is 0 Å². The number of halogens is 1. The third-order valence-electron chi connectivity index (χ3n) is 2.41. The van der Waals surface area contributed by atoms with Gasteiger partial charge in [0.15, 0.2) is 6.29 Å². The summed E-state index contributed by atoms with van der Waals surface area (Å²) in [6.07, 6.45) is 4.05. The van der Waals surface area contributed by atoms with Crippen molar-refractivity contribution in [2.24, 2.45) is 0 Å². The van der Waals surface area contributed by atoms with Crippen molar-refractivity contribution < 1.29 is 9.53 Å². The van der Waals surface area contributed by atoms with Gasteiger partial charge in [-0.15, -0.1) is 0 Å². The number of carbonyl (C=O) groups excluding carboxylic acids is 1. The van der Waals surface area contributed by atoms with Gasteiger partial charge >= 0.3 is 0 Å². The summed E-state index contributed by atoms with van der Waals surface area (Å²) in [4.78, 5) is 11.3. The highest BCUT2D eigenvalue weighted by Crippen LogP contribution is 2.17. The van der Waals surface area contributed by atoms with Crippen LogP contribution < -0.4 is 4.74 Å². The molecule has 0 N–H and O–H groups in total. The number of rotatable bonds is 7. The molecule has 0 spiro atoms. The van der Waals surface area contributed by atoms with Gasteiger partial charge in [-0.2, -0.15) is 0 Å². The van der Waals surface area contributed by atoms with E-state index in [1.807, 2.05) is 18.2 Å². The summed E-state index contributed by atoms with van der Waals surface area (Å²) < 4.78 is 5.57. The van der Waals surface area contributed by atoms with Gasteiger partial charge in [-0.1, -0.05) is 35.0 Å². The number of alkyl halides is 1. The Morgan fingerprint density at radius 2 is 2.19 bits per heavy atom. The molecule has 0 fully saturated rings. The van der Waals surface area contributed by atoms with Gasteiger partial charge in [-0.3, -0.25) is 4.79 Å². The molecule has 0 saturated carbocycles. The maximum absolute atomic E-state index is 10.7. The number of benzene rings is 1. The molecule has 0 bridgehead atoms. The first-order valence-electron chi connectivity index (χ1n) is 5.59. The van der Waals surface area contributed by atoms with Crippen LogP contribution in [-0.4, -0.2) is 17.7 Å². The monoisotopic (exact) mass is 284 g/mol. The zero-order valence-electron chi connectivity index (χ0n) is 9.49. The van der Waals surface area contributed by atoms with Crippen molar-refractivity contribution in [3.05, 3.63) is 29.8 Å². The maximum Gasteiger partial charge on any atom is 0.153 e. The molecule has 1 aromatic carbocycles. The molecule has 1 aromatic rings. The summed E-state index contributed by atoms with van der Waals surface area (Å²) in [6.45, 7) is 2.81. The summed E-state index contributed by atoms with van der Waals surface area (Å²) in [5, 5.41) is 0. The minimum Gasteiger partial charge on any atom is -0.493 e. The van der Waals surface area contributed by atoms with Crippen LogP contribution in [0.3, 0.4) is 0 Å². The predicted octanol–water partition coefficient (Wildman–Crippen LogP) is 3.83. The van der Waals surface area contributed by atoms with Crippen LogP contribution >= 0.6 is 15.9 Å². The molecule has 0 radical (unpaired) electrons. The lowest BCUT2D eigenvalue weighted by Crippen LogP contribution is -2.03. The second kappa shape index (κ2) is 7.44. The Kier molecular flexibility index (Phi) is 6.16. The largest absolute Gasteiger partial charge is 0.493 e. The van der Waals surface area contributed by atoms with Crippen molar-refractivity contribution in [3.63, 3.8) is 0 Å². The molecule has 0 aliphatic carbocycles. The van der Waals surface area contributed by atoms with Gasteiger partial charge < -0.3 is 4.74 Å². The maximum atomic E-state index is 10.7. The number of hydrogen-bond acceptors (Lipinski definition) is 2. The molecule has 0 heterocycles. The van der Waals surface area contributed by atoms with E-state index in [0.717, 1.165) is 25.5 Å². The zero-order valence-corrected chi connectivity index (χ0v) is 11.1. The van der Waals surface area contributed by atoms with E-state index in [1.54, 1.807) is 6.07 Å². The first-order chi connectivity index (χ1) is 7.77. The predicted molar refractivity (Wildman–Crippen MR) is 69.6 cm³/mol. The lowest BCUT2D eigenvalue weighted by molar-refractivity contribution is 0.111. The molecule has 0 aromatic heterocycles. The molecule has 0 saturated heterocycles. The molecule has 1 unspecified atom stereocenters. The molecule has 1 rings (SSSR count). The lowest BCUT2D eigenvalue weighted by Gasteiger charge is -2.09. The van der Waals surface area contributed by atoms with Gasteiger partial charge in [-0.25, -0.2) is 0 Å². The van der Waals surface area contributed by atoms with Crippen LogP contribution in [0.5, 0.6) is 5.75 Å². The standard InChI is InChI=1S/C13H17BrO2/c1-2-12(14)7-5-9-16-13-8-4-3-6-11(13)10-15/h3-4,6,8,10,12H,2,5,7,9H2,1H3. The molecule has 0 aliphatic heterocycles. The highest BCUT2D eigenvalue weighted by Gasteiger charge is 2.03. The molecule has 0 aliphatic rings. The van der Waals surface area contributed by atoms with E-state index in [0.29, 0.717) is 22.7 Å². The van der Waals surface area contributed by atoms with E-state index in [4.69, 9.17) is 4.74 Å². The highest BCUT2D eigenvalue weighted by atomic mass is 79.9. The van der Waals surface area contributed by atoms with Gasteiger partial charge in [-0.05, 0) is 31.4 Å². The normalized spacial score (nSPS) is 12.1. The van der Waals surface area contributed by atoms with Gasteiger partial charge in [0, 0.05) is 4.83 Å². The smallest absolute Gasteiger partial charge is 0.153 e. The molecular formula is C13H17BrO2. The number of carbonyl (C=O) groups is 1. The molecule has 16 heavy (non-hydrogen) atoms. The molecule has 1 atom stereocenters. The summed E-state index contributed by atoms with van der Waals surface area (Å²) in [7, 11) is 0. The zero-order chi connectivity index (χ0) is 11.8. The van der Waals surface area contributed by atoms with Crippen LogP contribution in [0.4, 0.5) is 0 Å². The van der Waals surface area contributed by atoms with Crippen molar-refractivity contribution in [1.82, 2.24) is 0 Å². The number of aldehydes is 1. The molecule has 3 heteroatoms. The van der Waals surface area contributed by atoms with Gasteiger partial charge in [0.2, 0.25) is 0 Å². The van der Waals surface area contributed by atoms with Crippen LogP contribution in [0, 0.1) is 0 Å². The SMILES string of the molecule is CCC(Br)CCCOc1ccccc1C=O. The van der Waals surface area contributed by atoms with Crippen LogP contribution in [0.15, 0.2) is 24.3 Å². The van der Waals surface area contributed by atoms with Crippen molar-refractivity contribution in [2.45, 2.75) is 31.0 Å². The number of hydrogen-bond donors (Lipinski definition) is 0. The fourth-order valence-corrected chi connectivity index (χ4v) is 1.72. The van der Waals surface area contributed by atoms with Crippen LogP contribution in [0.2, 0.25) is 0 Å². The topological polar surface area (TPSA) is 26.3 Å². The van der Waals surface area contributed by atoms with E-state index in [1.165, 1.54) is 0 Å². The average Bonchev–Trinajstić information content (AvgIpc) is 2.34. The first-order valence-corrected chi connectivity index (χ1v) is 6.50. The minimum absolute atomic E-state index is 0.567. The highest BCUT2D eigenvalue weighted by molar-refractivity contribution is 9.09. The van der Waals surface area contributed by atoms with Gasteiger partial charge in [0.1, 0.15) is 5.75 Å². The van der Waals surface area contributed by atoms with Crippen molar-refractivity contribution in [1.29, 1.82) is 0 Å². The number of ether oxygens (including phenoxy) is 1. The Morgan fingerprint density at radius 3 is 2.88 bits per heavy atom. The Balaban J connectivity index is 2.34. The van der Waals surface area contributed by atoms with E-state index >= 15 is 0 Å². The third-order valence-corrected chi connectivity index (χ3v) is 3.51. The van der Waals surface area contributed by atoms with Crippen LogP contribution in [0.1, 0.15) is 36.5 Å². The van der Waals surface area contributed by atoms with Crippen molar-refractivity contribution >= 4 is 22.2 Å². The lowest BCUT2D eigenvalue weighted by atomic mass is 10.2. The summed E-state index contributed by atoms with van der Waals surface area (Å²) in [5.74, 6) is 0.681. The Morgan fingerprint density at radius 1 is 1.44 bits per heavy atom. The Labute approximate surface area is 105 Å². The van der Waals surface area contributed by atoms with E-state index in [2.05, 4.69) is 22.9 Å². The van der Waals surface area contributed by atoms with Gasteiger partial charge in [0.05, 0.1) is 12.2 Å². The van der Waals surface area contributed by atoms with E-state index in [9.17, 15) is 4.79 Å². The molecule has 88 valence electrons. The summed E-state index contributed by atoms with van der Waals surface area (Å²) in [5.41, 5.74) is 0.619. The van der Waals surface area contributed by atoms with Crippen molar-refractivity contribution in [2.75, 3.05) is 6.61 Å². The Bertz CT molecular complexity index is 325. The fraction of sp³-hybridized carbons (Fsp3) is 0.462. The quantitative estimate of drug-likeness (QED) is 0.432. The van der Waals surface area contributed by atoms with Crippen LogP contribution in [-0.2, 0) is 0 Å². The van der Waals surface area contributed by atoms with E-state index < -0.39 is 0 Å². The summed E-state index contributed by atoms with van der Waals surface area (Å²) >= 11 is 3.58. The molecule has 2 nitrogen and oxygen atoms in total. The Hall–Kier alpha value is -0.830. The summed E-state index contributed by atoms with van der Waals surface area (Å²) in [6, 6.07) is 7.31. The third kappa shape index (κ3) is 4.35. The molecule has 0 amide bonds. The second-order valence-electron chi connectivity index (χ2n) is 3.65. The second-order valence-corrected chi connectivity index (χ2v) is 4.95. The first kappa shape index (κ1) is 13.2. The molecular weight excluding hydrogens is 268 g/mol. The van der Waals surface area contributed by atoms with Gasteiger partial charge in [0.25, 0.3) is 0 Å². The fourth-order valence-electron chi connectivity index (χ4n) is 1.40. The van der Waals surface area contributed by atoms with Crippen molar-refractivity contribution in [3.8, 4) is 5.75 Å². The average molecular weight is 285 g/mol.